The molecule has 1 aliphatic rings. The Hall–Kier alpha value is -1.40. The maximum atomic E-state index is 12.5. The predicted molar refractivity (Wildman–Crippen MR) is 89.9 cm³/mol. The summed E-state index contributed by atoms with van der Waals surface area (Å²) in [4.78, 5) is 12.5. The molecule has 2 rings (SSSR count). The van der Waals surface area contributed by atoms with E-state index in [4.69, 9.17) is 10.5 Å². The van der Waals surface area contributed by atoms with Crippen LogP contribution in [-0.2, 0) is 25.8 Å². The summed E-state index contributed by atoms with van der Waals surface area (Å²) in [6, 6.07) is 7.74. The molecule has 0 aromatic heterocycles. The molecule has 2 N–H and O–H groups in total. The van der Waals surface area contributed by atoms with Gasteiger partial charge in [-0.3, -0.25) is 4.79 Å². The lowest BCUT2D eigenvalue weighted by atomic mass is 9.98. The van der Waals surface area contributed by atoms with E-state index in [2.05, 4.69) is 6.92 Å². The standard InChI is InChI=1S/C17H25NO4S/c1-4-12-7-9-13(10-8-12)14-15(23(20,21)6-3)17(14,11-18)16(19)22-5-2/h7-10,14-15H,4-6,11,18H2,1-3H3. The molecule has 5 nitrogen and oxygen atoms in total. The molecule has 1 aromatic rings. The van der Waals surface area contributed by atoms with E-state index in [9.17, 15) is 13.2 Å². The Balaban J connectivity index is 2.47. The summed E-state index contributed by atoms with van der Waals surface area (Å²) < 4.78 is 30.1. The number of ether oxygens (including phenoxy) is 1. The molecular formula is C17H25NO4S. The SMILES string of the molecule is CCOC(=O)C1(CN)C(c2ccc(CC)cc2)C1S(=O)(=O)CC. The third-order valence-electron chi connectivity index (χ3n) is 4.79. The number of sulfone groups is 1. The van der Waals surface area contributed by atoms with E-state index in [0.717, 1.165) is 12.0 Å². The molecule has 23 heavy (non-hydrogen) atoms. The van der Waals surface area contributed by atoms with Gasteiger partial charge >= 0.3 is 5.97 Å². The first-order valence-electron chi connectivity index (χ1n) is 8.06. The van der Waals surface area contributed by atoms with Crippen molar-refractivity contribution < 1.29 is 17.9 Å². The van der Waals surface area contributed by atoms with Crippen LogP contribution in [0, 0.1) is 5.41 Å². The Morgan fingerprint density at radius 1 is 1.22 bits per heavy atom. The van der Waals surface area contributed by atoms with Crippen molar-refractivity contribution in [2.24, 2.45) is 11.1 Å². The molecule has 6 heteroatoms. The van der Waals surface area contributed by atoms with Crippen LogP contribution in [0.25, 0.3) is 0 Å². The van der Waals surface area contributed by atoms with Gasteiger partial charge in [-0.25, -0.2) is 8.42 Å². The highest BCUT2D eigenvalue weighted by Crippen LogP contribution is 2.63. The summed E-state index contributed by atoms with van der Waals surface area (Å²) in [6.45, 7) is 5.53. The van der Waals surface area contributed by atoms with E-state index in [1.165, 1.54) is 5.56 Å². The summed E-state index contributed by atoms with van der Waals surface area (Å²) >= 11 is 0. The molecule has 3 unspecified atom stereocenters. The molecule has 0 bridgehead atoms. The lowest BCUT2D eigenvalue weighted by Crippen LogP contribution is -2.34. The van der Waals surface area contributed by atoms with Gasteiger partial charge in [0.15, 0.2) is 9.84 Å². The Bertz CT molecular complexity index is 668. The smallest absolute Gasteiger partial charge is 0.315 e. The van der Waals surface area contributed by atoms with Crippen LogP contribution >= 0.6 is 0 Å². The van der Waals surface area contributed by atoms with Crippen molar-refractivity contribution in [1.82, 2.24) is 0 Å². The zero-order valence-corrected chi connectivity index (χ0v) is 14.7. The molecule has 0 aliphatic heterocycles. The van der Waals surface area contributed by atoms with Crippen molar-refractivity contribution in [3.8, 4) is 0 Å². The van der Waals surface area contributed by atoms with Crippen LogP contribution < -0.4 is 5.73 Å². The van der Waals surface area contributed by atoms with Gasteiger partial charge in [0.2, 0.25) is 0 Å². The van der Waals surface area contributed by atoms with Crippen molar-refractivity contribution in [2.75, 3.05) is 18.9 Å². The summed E-state index contributed by atoms with van der Waals surface area (Å²) in [5, 5.41) is -0.795. The van der Waals surface area contributed by atoms with Crippen LogP contribution in [0.3, 0.4) is 0 Å². The largest absolute Gasteiger partial charge is 0.465 e. The first kappa shape index (κ1) is 17.9. The van der Waals surface area contributed by atoms with Gasteiger partial charge in [-0.1, -0.05) is 38.1 Å². The van der Waals surface area contributed by atoms with E-state index in [1.54, 1.807) is 13.8 Å². The van der Waals surface area contributed by atoms with Gasteiger partial charge in [-0.05, 0) is 24.5 Å². The van der Waals surface area contributed by atoms with Gasteiger partial charge in [0.1, 0.15) is 5.41 Å². The minimum atomic E-state index is -3.40. The van der Waals surface area contributed by atoms with Gasteiger partial charge in [0.25, 0.3) is 0 Å². The fourth-order valence-electron chi connectivity index (χ4n) is 3.38. The average molecular weight is 339 g/mol. The van der Waals surface area contributed by atoms with E-state index in [1.807, 2.05) is 24.3 Å². The predicted octanol–water partition coefficient (Wildman–Crippen LogP) is 1.66. The Kier molecular flexibility index (Phi) is 5.16. The third-order valence-corrected chi connectivity index (χ3v) is 7.06. The average Bonchev–Trinajstić information content (AvgIpc) is 3.26. The molecule has 0 radical (unpaired) electrons. The van der Waals surface area contributed by atoms with Gasteiger partial charge in [0, 0.05) is 18.2 Å². The number of aryl methyl sites for hydroxylation is 1. The number of esters is 1. The normalized spacial score (nSPS) is 26.8. The second-order valence-corrected chi connectivity index (χ2v) is 8.32. The molecule has 3 atom stereocenters. The van der Waals surface area contributed by atoms with Crippen LogP contribution in [0.15, 0.2) is 24.3 Å². The van der Waals surface area contributed by atoms with Crippen LogP contribution in [0.1, 0.15) is 37.8 Å². The summed E-state index contributed by atoms with van der Waals surface area (Å²) in [5.41, 5.74) is 6.71. The van der Waals surface area contributed by atoms with Crippen molar-refractivity contribution in [2.45, 2.75) is 38.4 Å². The van der Waals surface area contributed by atoms with Gasteiger partial charge in [-0.2, -0.15) is 0 Å². The maximum Gasteiger partial charge on any atom is 0.315 e. The van der Waals surface area contributed by atoms with Crippen LogP contribution in [0.4, 0.5) is 0 Å². The fraction of sp³-hybridized carbons (Fsp3) is 0.588. The molecule has 1 aliphatic carbocycles. The molecule has 0 spiro atoms. The van der Waals surface area contributed by atoms with E-state index in [-0.39, 0.29) is 18.9 Å². The summed E-state index contributed by atoms with van der Waals surface area (Å²) in [7, 11) is -3.40. The number of carbonyl (C=O) groups excluding carboxylic acids is 1. The Morgan fingerprint density at radius 2 is 1.83 bits per heavy atom. The van der Waals surface area contributed by atoms with Crippen molar-refractivity contribution >= 4 is 15.8 Å². The number of nitrogens with two attached hydrogens (primary N) is 1. The molecule has 1 aromatic carbocycles. The maximum absolute atomic E-state index is 12.5. The van der Waals surface area contributed by atoms with Gasteiger partial charge < -0.3 is 10.5 Å². The highest BCUT2D eigenvalue weighted by molar-refractivity contribution is 7.92. The first-order chi connectivity index (χ1) is 10.9. The second-order valence-electron chi connectivity index (χ2n) is 5.91. The third kappa shape index (κ3) is 2.90. The van der Waals surface area contributed by atoms with Gasteiger partial charge in [-0.15, -0.1) is 0 Å². The molecule has 0 amide bonds. The van der Waals surface area contributed by atoms with E-state index < -0.39 is 32.4 Å². The van der Waals surface area contributed by atoms with Crippen LogP contribution in [-0.4, -0.2) is 38.5 Å². The number of carbonyl (C=O) groups is 1. The fourth-order valence-corrected chi connectivity index (χ4v) is 5.46. The first-order valence-corrected chi connectivity index (χ1v) is 9.78. The van der Waals surface area contributed by atoms with Crippen molar-refractivity contribution in [3.05, 3.63) is 35.4 Å². The molecule has 1 saturated carbocycles. The summed E-state index contributed by atoms with van der Waals surface area (Å²) in [5.74, 6) is -0.945. The highest BCUT2D eigenvalue weighted by Gasteiger charge is 2.74. The lowest BCUT2D eigenvalue weighted by Gasteiger charge is -2.14. The van der Waals surface area contributed by atoms with Gasteiger partial charge in [0.05, 0.1) is 11.9 Å². The quantitative estimate of drug-likeness (QED) is 0.764. The van der Waals surface area contributed by atoms with E-state index in [0.29, 0.717) is 0 Å². The van der Waals surface area contributed by atoms with Crippen molar-refractivity contribution in [1.29, 1.82) is 0 Å². The minimum Gasteiger partial charge on any atom is -0.465 e. The Labute approximate surface area is 138 Å². The molecular weight excluding hydrogens is 314 g/mol. The molecule has 0 heterocycles. The number of hydrogen-bond acceptors (Lipinski definition) is 5. The lowest BCUT2D eigenvalue weighted by molar-refractivity contribution is -0.149. The molecule has 0 saturated heterocycles. The highest BCUT2D eigenvalue weighted by atomic mass is 32.2. The number of benzene rings is 1. The summed E-state index contributed by atoms with van der Waals surface area (Å²) in [6.07, 6.45) is 0.904. The molecule has 128 valence electrons. The Morgan fingerprint density at radius 3 is 2.26 bits per heavy atom. The minimum absolute atomic E-state index is 0.0115. The number of rotatable bonds is 7. The van der Waals surface area contributed by atoms with E-state index >= 15 is 0 Å². The zero-order valence-electron chi connectivity index (χ0n) is 13.9. The topological polar surface area (TPSA) is 86.5 Å². The second kappa shape index (κ2) is 6.61. The monoisotopic (exact) mass is 339 g/mol. The van der Waals surface area contributed by atoms with Crippen molar-refractivity contribution in [3.63, 3.8) is 0 Å². The zero-order chi connectivity index (χ0) is 17.3. The molecule has 1 fully saturated rings. The van der Waals surface area contributed by atoms with Crippen LogP contribution in [0.2, 0.25) is 0 Å². The number of hydrogen-bond donors (Lipinski definition) is 1. The van der Waals surface area contributed by atoms with Crippen LogP contribution in [0.5, 0.6) is 0 Å².